The third-order valence-electron chi connectivity index (χ3n) is 2.20. The molecule has 2 heteroatoms. The summed E-state index contributed by atoms with van der Waals surface area (Å²) in [4.78, 5) is 0. The first-order chi connectivity index (χ1) is 7.24. The zero-order chi connectivity index (χ0) is 11.3. The summed E-state index contributed by atoms with van der Waals surface area (Å²) in [6.07, 6.45) is 4.02. The van der Waals surface area contributed by atoms with Crippen molar-refractivity contribution < 1.29 is 4.74 Å². The lowest BCUT2D eigenvalue weighted by molar-refractivity contribution is 0.310. The van der Waals surface area contributed by atoms with Gasteiger partial charge in [0.25, 0.3) is 0 Å². The van der Waals surface area contributed by atoms with E-state index in [1.165, 1.54) is 0 Å². The molecule has 0 heterocycles. The molecule has 0 N–H and O–H groups in total. The number of halogens is 1. The van der Waals surface area contributed by atoms with Gasteiger partial charge in [-0.1, -0.05) is 40.2 Å². The Morgan fingerprint density at radius 1 is 1.20 bits per heavy atom. The minimum atomic E-state index is 0.893. The van der Waals surface area contributed by atoms with Gasteiger partial charge in [0.05, 0.1) is 7.11 Å². The maximum Gasteiger partial charge on any atom is 0.122 e. The van der Waals surface area contributed by atoms with Crippen molar-refractivity contribution in [1.29, 1.82) is 0 Å². The molecule has 0 aliphatic carbocycles. The van der Waals surface area contributed by atoms with E-state index < -0.39 is 0 Å². The average molecular weight is 267 g/mol. The highest BCUT2D eigenvalue weighted by Gasteiger charge is 2.09. The molecule has 0 aliphatic rings. The van der Waals surface area contributed by atoms with E-state index in [1.807, 2.05) is 38.1 Å². The van der Waals surface area contributed by atoms with E-state index in [1.54, 1.807) is 7.11 Å². The first kappa shape index (κ1) is 12.1. The van der Waals surface area contributed by atoms with Crippen LogP contribution in [-0.2, 0) is 4.74 Å². The van der Waals surface area contributed by atoms with E-state index in [-0.39, 0.29) is 0 Å². The fraction of sp³-hybridized carbons (Fsp3) is 0.231. The van der Waals surface area contributed by atoms with Gasteiger partial charge in [-0.15, -0.1) is 0 Å². The summed E-state index contributed by atoms with van der Waals surface area (Å²) in [6, 6.07) is 8.12. The Morgan fingerprint density at radius 2 is 1.87 bits per heavy atom. The van der Waals surface area contributed by atoms with Gasteiger partial charge in [0.1, 0.15) is 5.76 Å². The molecule has 0 amide bonds. The van der Waals surface area contributed by atoms with Gasteiger partial charge in [-0.25, -0.2) is 0 Å². The minimum absolute atomic E-state index is 0.893. The van der Waals surface area contributed by atoms with Crippen LogP contribution >= 0.6 is 15.9 Å². The molecule has 1 aromatic rings. The van der Waals surface area contributed by atoms with Gasteiger partial charge in [0.2, 0.25) is 0 Å². The van der Waals surface area contributed by atoms with E-state index in [2.05, 4.69) is 28.1 Å². The molecule has 0 saturated carbocycles. The Bertz CT molecular complexity index is 391. The number of benzene rings is 1. The molecule has 1 nitrogen and oxygen atoms in total. The van der Waals surface area contributed by atoms with Crippen LogP contribution in [0.4, 0.5) is 0 Å². The molecule has 0 aliphatic heterocycles. The summed E-state index contributed by atoms with van der Waals surface area (Å²) in [6.45, 7) is 3.98. The lowest BCUT2D eigenvalue weighted by atomic mass is 10.0. The number of ether oxygens (including phenoxy) is 1. The molecule has 80 valence electrons. The average Bonchev–Trinajstić information content (AvgIpc) is 2.27. The van der Waals surface area contributed by atoms with Crippen LogP contribution < -0.4 is 0 Å². The summed E-state index contributed by atoms with van der Waals surface area (Å²) >= 11 is 3.54. The zero-order valence-electron chi connectivity index (χ0n) is 9.25. The molecule has 0 atom stereocenters. The fourth-order valence-electron chi connectivity index (χ4n) is 1.49. The van der Waals surface area contributed by atoms with Crippen LogP contribution in [0.15, 0.2) is 46.6 Å². The van der Waals surface area contributed by atoms with Gasteiger partial charge in [-0.05, 0) is 31.6 Å². The third-order valence-corrected chi connectivity index (χ3v) is 2.89. The Hall–Kier alpha value is -1.02. The summed E-state index contributed by atoms with van der Waals surface area (Å²) in [5, 5.41) is 0. The van der Waals surface area contributed by atoms with Gasteiger partial charge in [0, 0.05) is 10.0 Å². The van der Waals surface area contributed by atoms with Crippen LogP contribution in [0, 0.1) is 0 Å². The van der Waals surface area contributed by atoms with Gasteiger partial charge < -0.3 is 4.74 Å². The quantitative estimate of drug-likeness (QED) is 0.582. The van der Waals surface area contributed by atoms with E-state index in [0.717, 1.165) is 21.4 Å². The van der Waals surface area contributed by atoms with Crippen LogP contribution in [0.2, 0.25) is 0 Å². The van der Waals surface area contributed by atoms with E-state index in [0.29, 0.717) is 0 Å². The number of methoxy groups -OCH3 is 1. The molecule has 0 spiro atoms. The van der Waals surface area contributed by atoms with Crippen molar-refractivity contribution in [3.63, 3.8) is 0 Å². The van der Waals surface area contributed by atoms with E-state index >= 15 is 0 Å². The summed E-state index contributed by atoms with van der Waals surface area (Å²) in [7, 11) is 1.69. The van der Waals surface area contributed by atoms with Gasteiger partial charge in [-0.2, -0.15) is 0 Å². The molecule has 15 heavy (non-hydrogen) atoms. The third kappa shape index (κ3) is 2.72. The summed E-state index contributed by atoms with van der Waals surface area (Å²) < 4.78 is 6.41. The SMILES string of the molecule is C/C=C(\C(=C/C)OC)c1ccccc1Br. The molecular formula is C13H15BrO. The van der Waals surface area contributed by atoms with Crippen LogP contribution in [-0.4, -0.2) is 7.11 Å². The standard InChI is InChI=1S/C13H15BrO/c1-4-10(13(5-2)15-3)11-8-6-7-9-12(11)14/h4-9H,1-3H3/b10-4-,13-5+. The predicted octanol–water partition coefficient (Wildman–Crippen LogP) is 4.40. The topological polar surface area (TPSA) is 9.23 Å². The number of hydrogen-bond donors (Lipinski definition) is 0. The number of rotatable bonds is 3. The molecule has 1 rings (SSSR count). The van der Waals surface area contributed by atoms with E-state index in [9.17, 15) is 0 Å². The van der Waals surface area contributed by atoms with Gasteiger partial charge >= 0.3 is 0 Å². The Kier molecular flexibility index (Phi) is 4.63. The molecule has 0 unspecified atom stereocenters. The van der Waals surface area contributed by atoms with Crippen molar-refractivity contribution in [3.8, 4) is 0 Å². The second-order valence-electron chi connectivity index (χ2n) is 3.04. The number of allylic oxidation sites excluding steroid dienone is 3. The summed E-state index contributed by atoms with van der Waals surface area (Å²) in [5.74, 6) is 0.893. The van der Waals surface area contributed by atoms with Crippen molar-refractivity contribution >= 4 is 21.5 Å². The monoisotopic (exact) mass is 266 g/mol. The normalized spacial score (nSPS) is 12.8. The van der Waals surface area contributed by atoms with Crippen LogP contribution in [0.25, 0.3) is 5.57 Å². The Labute approximate surface area is 99.6 Å². The van der Waals surface area contributed by atoms with Gasteiger partial charge in [-0.3, -0.25) is 0 Å². The van der Waals surface area contributed by atoms with Crippen LogP contribution in [0.5, 0.6) is 0 Å². The van der Waals surface area contributed by atoms with Crippen molar-refractivity contribution in [2.45, 2.75) is 13.8 Å². The molecule has 0 aromatic heterocycles. The fourth-order valence-corrected chi connectivity index (χ4v) is 1.99. The molecule has 0 bridgehead atoms. The van der Waals surface area contributed by atoms with Crippen molar-refractivity contribution in [1.82, 2.24) is 0 Å². The highest BCUT2D eigenvalue weighted by molar-refractivity contribution is 9.10. The molecule has 0 saturated heterocycles. The Balaban J connectivity index is 3.21. The van der Waals surface area contributed by atoms with Crippen molar-refractivity contribution in [3.05, 3.63) is 52.2 Å². The number of hydrogen-bond acceptors (Lipinski definition) is 1. The second-order valence-corrected chi connectivity index (χ2v) is 3.89. The first-order valence-corrected chi connectivity index (χ1v) is 5.65. The predicted molar refractivity (Wildman–Crippen MR) is 68.6 cm³/mol. The molecule has 0 radical (unpaired) electrons. The largest absolute Gasteiger partial charge is 0.496 e. The molecular weight excluding hydrogens is 252 g/mol. The van der Waals surface area contributed by atoms with Crippen LogP contribution in [0.1, 0.15) is 19.4 Å². The maximum atomic E-state index is 5.33. The minimum Gasteiger partial charge on any atom is -0.496 e. The summed E-state index contributed by atoms with van der Waals surface area (Å²) in [5.41, 5.74) is 2.25. The lowest BCUT2D eigenvalue weighted by Gasteiger charge is -2.12. The van der Waals surface area contributed by atoms with Crippen LogP contribution in [0.3, 0.4) is 0 Å². The van der Waals surface area contributed by atoms with Gasteiger partial charge in [0.15, 0.2) is 0 Å². The van der Waals surface area contributed by atoms with E-state index in [4.69, 9.17) is 4.74 Å². The first-order valence-electron chi connectivity index (χ1n) is 4.86. The molecule has 1 aromatic carbocycles. The lowest BCUT2D eigenvalue weighted by Crippen LogP contribution is -1.93. The van der Waals surface area contributed by atoms with Crippen molar-refractivity contribution in [2.75, 3.05) is 7.11 Å². The highest BCUT2D eigenvalue weighted by atomic mass is 79.9. The molecule has 0 fully saturated rings. The Morgan fingerprint density at radius 3 is 2.33 bits per heavy atom. The maximum absolute atomic E-state index is 5.33. The smallest absolute Gasteiger partial charge is 0.122 e. The second kappa shape index (κ2) is 5.76. The zero-order valence-corrected chi connectivity index (χ0v) is 10.8. The van der Waals surface area contributed by atoms with Crippen molar-refractivity contribution in [2.24, 2.45) is 0 Å². The highest BCUT2D eigenvalue weighted by Crippen LogP contribution is 2.29.